The van der Waals surface area contributed by atoms with E-state index in [1.807, 2.05) is 0 Å². The minimum absolute atomic E-state index is 0.0505. The predicted octanol–water partition coefficient (Wildman–Crippen LogP) is -1.87. The van der Waals surface area contributed by atoms with Crippen LogP contribution in [0.25, 0.3) is 0 Å². The second kappa shape index (κ2) is 3.00. The van der Waals surface area contributed by atoms with E-state index in [2.05, 4.69) is 16.0 Å². The van der Waals surface area contributed by atoms with E-state index in [9.17, 15) is 4.79 Å². The summed E-state index contributed by atoms with van der Waals surface area (Å²) in [7, 11) is 0. The number of thiocarbonyl (C=S) groups is 1. The van der Waals surface area contributed by atoms with Gasteiger partial charge in [0.15, 0.2) is 5.11 Å². The molecule has 72 valence electrons. The highest BCUT2D eigenvalue weighted by Gasteiger charge is 2.43. The number of nitrogens with one attached hydrogen (secondary N) is 3. The number of urea groups is 1. The highest BCUT2D eigenvalue weighted by Crippen LogP contribution is 2.12. The lowest BCUT2D eigenvalue weighted by Crippen LogP contribution is -2.44. The Morgan fingerprint density at radius 3 is 2.92 bits per heavy atom. The summed E-state index contributed by atoms with van der Waals surface area (Å²) < 4.78 is 0. The van der Waals surface area contributed by atoms with Crippen molar-refractivity contribution in [1.29, 1.82) is 0 Å². The van der Waals surface area contributed by atoms with Gasteiger partial charge in [0.2, 0.25) is 0 Å². The number of nitrogens with zero attached hydrogens (tertiary/aromatic N) is 1. The third kappa shape index (κ3) is 1.29. The van der Waals surface area contributed by atoms with Crippen LogP contribution in [0.3, 0.4) is 0 Å². The van der Waals surface area contributed by atoms with Crippen molar-refractivity contribution in [2.75, 3.05) is 13.2 Å². The summed E-state index contributed by atoms with van der Waals surface area (Å²) in [6, 6.07) is -0.188. The Labute approximate surface area is 80.3 Å². The molecule has 4 N–H and O–H groups in total. The first-order valence-corrected chi connectivity index (χ1v) is 4.38. The van der Waals surface area contributed by atoms with E-state index in [0.717, 1.165) is 0 Å². The molecule has 0 radical (unpaired) electrons. The smallest absolute Gasteiger partial charge is 0.320 e. The maximum absolute atomic E-state index is 11.3. The molecule has 0 aliphatic carbocycles. The van der Waals surface area contributed by atoms with Crippen LogP contribution in [0.5, 0.6) is 0 Å². The SMILES string of the molecule is O=C1N[C@H]2NC(=S)N[C@H]2N1CCO. The molecule has 0 spiro atoms. The maximum atomic E-state index is 11.3. The number of rotatable bonds is 2. The van der Waals surface area contributed by atoms with Gasteiger partial charge >= 0.3 is 6.03 Å². The molecule has 2 atom stereocenters. The number of hydrogen-bond donors (Lipinski definition) is 4. The van der Waals surface area contributed by atoms with Gasteiger partial charge < -0.3 is 21.1 Å². The first kappa shape index (κ1) is 8.52. The second-order valence-electron chi connectivity index (χ2n) is 2.91. The fourth-order valence-electron chi connectivity index (χ4n) is 1.54. The topological polar surface area (TPSA) is 76.6 Å². The third-order valence-electron chi connectivity index (χ3n) is 2.10. The Morgan fingerprint density at radius 2 is 2.23 bits per heavy atom. The van der Waals surface area contributed by atoms with Crippen LogP contribution in [0.2, 0.25) is 0 Å². The Morgan fingerprint density at radius 1 is 1.46 bits per heavy atom. The van der Waals surface area contributed by atoms with Gasteiger partial charge in [-0.25, -0.2) is 4.79 Å². The van der Waals surface area contributed by atoms with Gasteiger partial charge in [-0.15, -0.1) is 0 Å². The number of aliphatic hydroxyl groups is 1. The van der Waals surface area contributed by atoms with E-state index in [1.54, 1.807) is 0 Å². The summed E-state index contributed by atoms with van der Waals surface area (Å²) >= 11 is 4.89. The first-order valence-electron chi connectivity index (χ1n) is 3.97. The van der Waals surface area contributed by atoms with Crippen molar-refractivity contribution in [2.45, 2.75) is 12.3 Å². The molecular formula is C6H10N4O2S. The number of aliphatic hydroxyl groups excluding tert-OH is 1. The van der Waals surface area contributed by atoms with Crippen molar-refractivity contribution in [1.82, 2.24) is 20.9 Å². The highest BCUT2D eigenvalue weighted by molar-refractivity contribution is 7.80. The lowest BCUT2D eigenvalue weighted by atomic mass is 10.4. The standard InChI is InChI=1S/C6H10N4O2S/c11-2-1-10-4-3(8-6(10)12)7-5(13)9-4/h3-4,11H,1-2H2,(H,8,12)(H2,7,9,13)/t3-,4+/m1/s1. The number of amides is 2. The van der Waals surface area contributed by atoms with Gasteiger partial charge in [-0.05, 0) is 12.2 Å². The van der Waals surface area contributed by atoms with Gasteiger partial charge in [0.1, 0.15) is 12.3 Å². The summed E-state index contributed by atoms with van der Waals surface area (Å²) in [5.74, 6) is 0. The molecule has 7 heteroatoms. The normalized spacial score (nSPS) is 31.0. The van der Waals surface area contributed by atoms with Crippen molar-refractivity contribution in [3.05, 3.63) is 0 Å². The molecule has 0 bridgehead atoms. The Bertz CT molecular complexity index is 259. The highest BCUT2D eigenvalue weighted by atomic mass is 32.1. The molecule has 0 aromatic carbocycles. The molecule has 2 fully saturated rings. The minimum atomic E-state index is -0.188. The number of fused-ring (bicyclic) bond motifs is 1. The fourth-order valence-corrected chi connectivity index (χ4v) is 1.79. The van der Waals surface area contributed by atoms with Crippen LogP contribution in [0.15, 0.2) is 0 Å². The molecule has 2 aliphatic heterocycles. The van der Waals surface area contributed by atoms with Crippen LogP contribution in [0.1, 0.15) is 0 Å². The molecule has 2 aliphatic rings. The predicted molar refractivity (Wildman–Crippen MR) is 48.8 cm³/mol. The van der Waals surface area contributed by atoms with Crippen molar-refractivity contribution >= 4 is 23.4 Å². The number of β-amino-alcohol motifs (C(OH)–C–C–N with tert-alkyl or cyclic N) is 1. The van der Waals surface area contributed by atoms with E-state index >= 15 is 0 Å². The van der Waals surface area contributed by atoms with E-state index < -0.39 is 0 Å². The molecule has 0 aromatic rings. The first-order chi connectivity index (χ1) is 6.22. The van der Waals surface area contributed by atoms with Crippen LogP contribution in [-0.2, 0) is 0 Å². The van der Waals surface area contributed by atoms with E-state index in [1.165, 1.54) is 4.90 Å². The molecule has 2 heterocycles. The summed E-state index contributed by atoms with van der Waals surface area (Å²) in [5, 5.41) is 17.8. The second-order valence-corrected chi connectivity index (χ2v) is 3.32. The van der Waals surface area contributed by atoms with Crippen LogP contribution in [0, 0.1) is 0 Å². The molecular weight excluding hydrogens is 192 g/mol. The molecule has 2 saturated heterocycles. The van der Waals surface area contributed by atoms with Crippen molar-refractivity contribution < 1.29 is 9.90 Å². The molecule has 13 heavy (non-hydrogen) atoms. The van der Waals surface area contributed by atoms with E-state index in [-0.39, 0.29) is 25.0 Å². The summed E-state index contributed by atoms with van der Waals surface area (Å²) in [6.45, 7) is 0.259. The molecule has 0 unspecified atom stereocenters. The lowest BCUT2D eigenvalue weighted by molar-refractivity contribution is 0.173. The molecule has 2 rings (SSSR count). The molecule has 0 saturated carbocycles. The number of carbonyl (C=O) groups excluding carboxylic acids is 1. The summed E-state index contributed by atoms with van der Waals surface area (Å²) in [5.41, 5.74) is 0. The average molecular weight is 202 g/mol. The van der Waals surface area contributed by atoms with Crippen LogP contribution >= 0.6 is 12.2 Å². The van der Waals surface area contributed by atoms with Gasteiger partial charge in [0.05, 0.1) is 6.61 Å². The number of hydrogen-bond acceptors (Lipinski definition) is 3. The van der Waals surface area contributed by atoms with Gasteiger partial charge in [-0.3, -0.25) is 4.90 Å². The van der Waals surface area contributed by atoms with Crippen LogP contribution < -0.4 is 16.0 Å². The quantitative estimate of drug-likeness (QED) is 0.395. The largest absolute Gasteiger partial charge is 0.395 e. The summed E-state index contributed by atoms with van der Waals surface area (Å²) in [6.07, 6.45) is -0.348. The van der Waals surface area contributed by atoms with Crippen molar-refractivity contribution in [3.8, 4) is 0 Å². The fraction of sp³-hybridized carbons (Fsp3) is 0.667. The monoisotopic (exact) mass is 202 g/mol. The van der Waals surface area contributed by atoms with Gasteiger partial charge in [-0.1, -0.05) is 0 Å². The third-order valence-corrected chi connectivity index (χ3v) is 2.33. The summed E-state index contributed by atoms with van der Waals surface area (Å²) in [4.78, 5) is 12.8. The average Bonchev–Trinajstić information content (AvgIpc) is 2.52. The zero-order valence-corrected chi connectivity index (χ0v) is 7.60. The minimum Gasteiger partial charge on any atom is -0.395 e. The number of carbonyl (C=O) groups is 1. The van der Waals surface area contributed by atoms with Gasteiger partial charge in [0, 0.05) is 6.54 Å². The molecule has 6 nitrogen and oxygen atoms in total. The molecule has 2 amide bonds. The van der Waals surface area contributed by atoms with Crippen LogP contribution in [-0.4, -0.2) is 46.6 Å². The van der Waals surface area contributed by atoms with Gasteiger partial charge in [-0.2, -0.15) is 0 Å². The van der Waals surface area contributed by atoms with E-state index in [0.29, 0.717) is 11.7 Å². The van der Waals surface area contributed by atoms with Crippen molar-refractivity contribution in [3.63, 3.8) is 0 Å². The Kier molecular flexibility index (Phi) is 1.97. The maximum Gasteiger partial charge on any atom is 0.320 e. The van der Waals surface area contributed by atoms with Gasteiger partial charge in [0.25, 0.3) is 0 Å². The lowest BCUT2D eigenvalue weighted by Gasteiger charge is -2.19. The zero-order valence-electron chi connectivity index (χ0n) is 6.78. The molecule has 0 aromatic heterocycles. The van der Waals surface area contributed by atoms with E-state index in [4.69, 9.17) is 17.3 Å². The Balaban J connectivity index is 2.10. The Hall–Kier alpha value is -1.08. The zero-order chi connectivity index (χ0) is 9.42. The van der Waals surface area contributed by atoms with Crippen LogP contribution in [0.4, 0.5) is 4.79 Å². The van der Waals surface area contributed by atoms with Crippen molar-refractivity contribution in [2.24, 2.45) is 0 Å².